The summed E-state index contributed by atoms with van der Waals surface area (Å²) in [6.45, 7) is 4.89. The minimum absolute atomic E-state index is 0.0843. The molecule has 1 atom stereocenters. The highest BCUT2D eigenvalue weighted by molar-refractivity contribution is 5.94. The molecule has 0 spiro atoms. The third-order valence-corrected chi connectivity index (χ3v) is 3.67. The second-order valence-corrected chi connectivity index (χ2v) is 5.44. The first kappa shape index (κ1) is 13.8. The Labute approximate surface area is 123 Å². The van der Waals surface area contributed by atoms with Crippen LogP contribution in [0.3, 0.4) is 0 Å². The highest BCUT2D eigenvalue weighted by atomic mass is 16.3. The molecule has 6 heteroatoms. The number of β-amino-alcohol motifs (C(OH)–C–C–N with tert-alkyl or cyclic N) is 1. The second kappa shape index (κ2) is 5.29. The van der Waals surface area contributed by atoms with E-state index in [1.54, 1.807) is 27.9 Å². The SMILES string of the molecule is Cc1cc(C)n(-c2ccc(C(=O)N3CC[C@H](O)C3)cn2)n1. The zero-order valence-corrected chi connectivity index (χ0v) is 12.2. The standard InChI is InChI=1S/C15H18N4O2/c1-10-7-11(2)19(17-10)14-4-3-12(8-16-14)15(21)18-6-5-13(20)9-18/h3-4,7-8,13,20H,5-6,9H2,1-2H3/t13-/m0/s1. The van der Waals surface area contributed by atoms with Gasteiger partial charge in [-0.05, 0) is 38.5 Å². The van der Waals surface area contributed by atoms with E-state index < -0.39 is 6.10 Å². The van der Waals surface area contributed by atoms with E-state index >= 15 is 0 Å². The minimum atomic E-state index is -0.407. The quantitative estimate of drug-likeness (QED) is 0.897. The van der Waals surface area contributed by atoms with Crippen LogP contribution in [-0.2, 0) is 0 Å². The molecule has 6 nitrogen and oxygen atoms in total. The molecule has 2 aromatic heterocycles. The molecule has 1 aliphatic rings. The van der Waals surface area contributed by atoms with E-state index in [9.17, 15) is 9.90 Å². The van der Waals surface area contributed by atoms with Gasteiger partial charge in [0.05, 0.1) is 17.4 Å². The van der Waals surface area contributed by atoms with E-state index in [0.29, 0.717) is 30.9 Å². The first-order chi connectivity index (χ1) is 10.0. The molecular formula is C15H18N4O2. The van der Waals surface area contributed by atoms with Gasteiger partial charge in [0.1, 0.15) is 0 Å². The molecule has 21 heavy (non-hydrogen) atoms. The molecule has 1 amide bonds. The maximum absolute atomic E-state index is 12.3. The number of hydrogen-bond acceptors (Lipinski definition) is 4. The summed E-state index contributed by atoms with van der Waals surface area (Å²) in [6, 6.07) is 5.53. The molecule has 1 fully saturated rings. The van der Waals surface area contributed by atoms with Gasteiger partial charge in [0, 0.05) is 25.0 Å². The first-order valence-corrected chi connectivity index (χ1v) is 7.01. The Hall–Kier alpha value is -2.21. The Morgan fingerprint density at radius 1 is 1.38 bits per heavy atom. The van der Waals surface area contributed by atoms with Gasteiger partial charge in [0.25, 0.3) is 5.91 Å². The largest absolute Gasteiger partial charge is 0.391 e. The van der Waals surface area contributed by atoms with Crippen LogP contribution in [0.5, 0.6) is 0 Å². The monoisotopic (exact) mass is 286 g/mol. The number of pyridine rings is 1. The topological polar surface area (TPSA) is 71.2 Å². The highest BCUT2D eigenvalue weighted by Gasteiger charge is 2.25. The Morgan fingerprint density at radius 3 is 2.71 bits per heavy atom. The molecule has 1 aliphatic heterocycles. The van der Waals surface area contributed by atoms with Crippen LogP contribution in [0, 0.1) is 13.8 Å². The zero-order valence-electron chi connectivity index (χ0n) is 12.2. The fourth-order valence-corrected chi connectivity index (χ4v) is 2.61. The fraction of sp³-hybridized carbons (Fsp3) is 0.400. The molecule has 0 unspecified atom stereocenters. The number of aromatic nitrogens is 3. The zero-order chi connectivity index (χ0) is 15.0. The Bertz CT molecular complexity index is 663. The summed E-state index contributed by atoms with van der Waals surface area (Å²) >= 11 is 0. The maximum Gasteiger partial charge on any atom is 0.255 e. The van der Waals surface area contributed by atoms with E-state index in [2.05, 4.69) is 10.1 Å². The van der Waals surface area contributed by atoms with Crippen molar-refractivity contribution in [1.29, 1.82) is 0 Å². The number of aliphatic hydroxyl groups excluding tert-OH is 1. The van der Waals surface area contributed by atoms with Crippen LogP contribution < -0.4 is 0 Å². The Morgan fingerprint density at radius 2 is 2.19 bits per heavy atom. The van der Waals surface area contributed by atoms with Crippen molar-refractivity contribution in [2.24, 2.45) is 0 Å². The minimum Gasteiger partial charge on any atom is -0.391 e. The van der Waals surface area contributed by atoms with Gasteiger partial charge in [-0.25, -0.2) is 9.67 Å². The average molecular weight is 286 g/mol. The van der Waals surface area contributed by atoms with Crippen molar-refractivity contribution in [1.82, 2.24) is 19.7 Å². The Kier molecular flexibility index (Phi) is 3.47. The van der Waals surface area contributed by atoms with E-state index in [4.69, 9.17) is 0 Å². The molecule has 0 aliphatic carbocycles. The number of rotatable bonds is 2. The fourth-order valence-electron chi connectivity index (χ4n) is 2.61. The van der Waals surface area contributed by atoms with E-state index in [0.717, 1.165) is 11.4 Å². The van der Waals surface area contributed by atoms with Gasteiger partial charge in [-0.3, -0.25) is 4.79 Å². The maximum atomic E-state index is 12.3. The van der Waals surface area contributed by atoms with Crippen molar-refractivity contribution in [3.8, 4) is 5.82 Å². The van der Waals surface area contributed by atoms with Gasteiger partial charge in [-0.1, -0.05) is 0 Å². The van der Waals surface area contributed by atoms with Crippen LogP contribution in [0.1, 0.15) is 28.2 Å². The molecule has 2 aromatic rings. The lowest BCUT2D eigenvalue weighted by Gasteiger charge is -2.15. The van der Waals surface area contributed by atoms with Crippen molar-refractivity contribution in [2.45, 2.75) is 26.4 Å². The van der Waals surface area contributed by atoms with Crippen molar-refractivity contribution < 1.29 is 9.90 Å². The van der Waals surface area contributed by atoms with Crippen molar-refractivity contribution >= 4 is 5.91 Å². The van der Waals surface area contributed by atoms with Gasteiger partial charge in [0.2, 0.25) is 0 Å². The lowest BCUT2D eigenvalue weighted by atomic mass is 10.2. The lowest BCUT2D eigenvalue weighted by molar-refractivity contribution is 0.0764. The predicted molar refractivity (Wildman–Crippen MR) is 77.4 cm³/mol. The van der Waals surface area contributed by atoms with Crippen LogP contribution in [0.15, 0.2) is 24.4 Å². The molecule has 0 saturated carbocycles. The molecular weight excluding hydrogens is 268 g/mol. The Balaban J connectivity index is 1.81. The molecule has 3 rings (SSSR count). The first-order valence-electron chi connectivity index (χ1n) is 7.01. The molecule has 0 aromatic carbocycles. The summed E-state index contributed by atoms with van der Waals surface area (Å²) in [4.78, 5) is 18.2. The van der Waals surface area contributed by atoms with Gasteiger partial charge in [0.15, 0.2) is 5.82 Å². The normalized spacial score (nSPS) is 18.2. The number of aliphatic hydroxyl groups is 1. The summed E-state index contributed by atoms with van der Waals surface area (Å²) in [5.74, 6) is 0.609. The lowest BCUT2D eigenvalue weighted by Crippen LogP contribution is -2.29. The molecule has 1 N–H and O–H groups in total. The van der Waals surface area contributed by atoms with Crippen LogP contribution in [-0.4, -0.2) is 49.9 Å². The van der Waals surface area contributed by atoms with E-state index in [-0.39, 0.29) is 5.91 Å². The third-order valence-electron chi connectivity index (χ3n) is 3.67. The number of hydrogen-bond donors (Lipinski definition) is 1. The van der Waals surface area contributed by atoms with Gasteiger partial charge in [-0.15, -0.1) is 0 Å². The molecule has 110 valence electrons. The van der Waals surface area contributed by atoms with Gasteiger partial charge >= 0.3 is 0 Å². The van der Waals surface area contributed by atoms with Crippen LogP contribution in [0.4, 0.5) is 0 Å². The van der Waals surface area contributed by atoms with Crippen molar-refractivity contribution in [2.75, 3.05) is 13.1 Å². The highest BCUT2D eigenvalue weighted by Crippen LogP contribution is 2.15. The van der Waals surface area contributed by atoms with Crippen LogP contribution in [0.2, 0.25) is 0 Å². The number of likely N-dealkylation sites (tertiary alicyclic amines) is 1. The average Bonchev–Trinajstić information content (AvgIpc) is 3.04. The van der Waals surface area contributed by atoms with E-state index in [1.807, 2.05) is 19.9 Å². The van der Waals surface area contributed by atoms with Crippen LogP contribution >= 0.6 is 0 Å². The number of aryl methyl sites for hydroxylation is 2. The molecule has 0 radical (unpaired) electrons. The predicted octanol–water partition coefficient (Wildman–Crippen LogP) is 1.09. The number of amides is 1. The second-order valence-electron chi connectivity index (χ2n) is 5.44. The third kappa shape index (κ3) is 2.67. The van der Waals surface area contributed by atoms with E-state index in [1.165, 1.54) is 0 Å². The summed E-state index contributed by atoms with van der Waals surface area (Å²) in [6.07, 6.45) is 1.80. The molecule has 0 bridgehead atoms. The van der Waals surface area contributed by atoms with Gasteiger partial charge in [-0.2, -0.15) is 5.10 Å². The van der Waals surface area contributed by atoms with Crippen molar-refractivity contribution in [3.63, 3.8) is 0 Å². The number of carbonyl (C=O) groups is 1. The molecule has 3 heterocycles. The summed E-state index contributed by atoms with van der Waals surface area (Å²) in [5, 5.41) is 13.9. The number of carbonyl (C=O) groups excluding carboxylic acids is 1. The number of nitrogens with zero attached hydrogens (tertiary/aromatic N) is 4. The smallest absolute Gasteiger partial charge is 0.255 e. The molecule has 1 saturated heterocycles. The van der Waals surface area contributed by atoms with Crippen molar-refractivity contribution in [3.05, 3.63) is 41.3 Å². The van der Waals surface area contributed by atoms with Crippen LogP contribution in [0.25, 0.3) is 5.82 Å². The van der Waals surface area contributed by atoms with Gasteiger partial charge < -0.3 is 10.0 Å². The summed E-state index contributed by atoms with van der Waals surface area (Å²) in [5.41, 5.74) is 2.47. The summed E-state index contributed by atoms with van der Waals surface area (Å²) < 4.78 is 1.75. The summed E-state index contributed by atoms with van der Waals surface area (Å²) in [7, 11) is 0.